The molecule has 0 saturated heterocycles. The van der Waals surface area contributed by atoms with Crippen LogP contribution in [0.1, 0.15) is 20.8 Å². The van der Waals surface area contributed by atoms with Gasteiger partial charge in [0.05, 0.1) is 0 Å². The molecular weight excluding hydrogens is 315 g/mol. The maximum atomic E-state index is 4.23. The van der Waals surface area contributed by atoms with Gasteiger partial charge < -0.3 is 10.2 Å². The fourth-order valence-corrected chi connectivity index (χ4v) is 1.80. The summed E-state index contributed by atoms with van der Waals surface area (Å²) in [6.45, 7) is 9.68. The first-order valence-electron chi connectivity index (χ1n) is 5.62. The van der Waals surface area contributed by atoms with E-state index in [1.807, 2.05) is 12.4 Å². The Balaban J connectivity index is 2.44. The zero-order valence-electron chi connectivity index (χ0n) is 10.1. The van der Waals surface area contributed by atoms with Crippen molar-refractivity contribution in [1.29, 1.82) is 0 Å². The Labute approximate surface area is 111 Å². The summed E-state index contributed by atoms with van der Waals surface area (Å²) in [6.07, 6.45) is 3.64. The smallest absolute Gasteiger partial charge is 0.222 e. The average molecular weight is 334 g/mol. The Kier molecular flexibility index (Phi) is 5.97. The van der Waals surface area contributed by atoms with E-state index in [9.17, 15) is 0 Å². The van der Waals surface area contributed by atoms with Crippen molar-refractivity contribution in [2.75, 3.05) is 25.0 Å². The first kappa shape index (κ1) is 13.6. The minimum absolute atomic E-state index is 0.361. The summed E-state index contributed by atoms with van der Waals surface area (Å²) >= 11 is 2.20. The van der Waals surface area contributed by atoms with Crippen LogP contribution in [0.5, 0.6) is 0 Å². The Hall–Kier alpha value is -0.430. The molecule has 0 aliphatic rings. The number of hydrogen-bond acceptors (Lipinski definition) is 4. The van der Waals surface area contributed by atoms with Crippen LogP contribution in [0.3, 0.4) is 0 Å². The lowest BCUT2D eigenvalue weighted by Crippen LogP contribution is -2.35. The molecule has 1 N–H and O–H groups in total. The molecule has 1 unspecified atom stereocenters. The molecule has 0 fully saturated rings. The van der Waals surface area contributed by atoms with E-state index in [4.69, 9.17) is 0 Å². The largest absolute Gasteiger partial charge is 0.350 e. The molecule has 0 aliphatic carbocycles. The van der Waals surface area contributed by atoms with E-state index in [2.05, 4.69) is 63.5 Å². The molecule has 1 heterocycles. The van der Waals surface area contributed by atoms with Crippen molar-refractivity contribution in [2.45, 2.75) is 26.8 Å². The summed E-state index contributed by atoms with van der Waals surface area (Å²) in [7, 11) is 0. The van der Waals surface area contributed by atoms with Crippen LogP contribution in [-0.4, -0.2) is 40.5 Å². The third-order valence-electron chi connectivity index (χ3n) is 2.42. The molecular formula is C11H19IN4. The quantitative estimate of drug-likeness (QED) is 0.810. The molecule has 16 heavy (non-hydrogen) atoms. The number of aromatic nitrogens is 2. The van der Waals surface area contributed by atoms with Crippen LogP contribution in [0, 0.1) is 3.57 Å². The van der Waals surface area contributed by atoms with Crippen molar-refractivity contribution in [3.05, 3.63) is 16.0 Å². The van der Waals surface area contributed by atoms with Gasteiger partial charge in [0.1, 0.15) is 0 Å². The number of anilines is 1. The molecule has 4 nitrogen and oxygen atoms in total. The normalized spacial score (nSPS) is 12.8. The van der Waals surface area contributed by atoms with Gasteiger partial charge in [0.15, 0.2) is 0 Å². The molecule has 0 bridgehead atoms. The van der Waals surface area contributed by atoms with Gasteiger partial charge >= 0.3 is 0 Å². The second-order valence-electron chi connectivity index (χ2n) is 3.76. The number of nitrogens with one attached hydrogen (secondary N) is 1. The highest BCUT2D eigenvalue weighted by Crippen LogP contribution is 2.04. The first-order valence-corrected chi connectivity index (χ1v) is 6.70. The van der Waals surface area contributed by atoms with E-state index in [0.29, 0.717) is 12.0 Å². The predicted molar refractivity (Wildman–Crippen MR) is 75.6 cm³/mol. The molecule has 0 aliphatic heterocycles. The Morgan fingerprint density at radius 3 is 2.38 bits per heavy atom. The van der Waals surface area contributed by atoms with Crippen molar-refractivity contribution >= 4 is 28.5 Å². The lowest BCUT2D eigenvalue weighted by Gasteiger charge is -2.23. The van der Waals surface area contributed by atoms with Crippen LogP contribution in [0.4, 0.5) is 5.95 Å². The van der Waals surface area contributed by atoms with Crippen molar-refractivity contribution in [3.8, 4) is 0 Å². The third kappa shape index (κ3) is 4.61. The average Bonchev–Trinajstić information content (AvgIpc) is 2.29. The SMILES string of the molecule is CCN(CC)CC(C)Nc1ncc(I)cn1. The van der Waals surface area contributed by atoms with Crippen LogP contribution < -0.4 is 5.32 Å². The predicted octanol–water partition coefficient (Wildman–Crippen LogP) is 2.22. The van der Waals surface area contributed by atoms with Crippen molar-refractivity contribution in [2.24, 2.45) is 0 Å². The van der Waals surface area contributed by atoms with Crippen molar-refractivity contribution in [3.63, 3.8) is 0 Å². The summed E-state index contributed by atoms with van der Waals surface area (Å²) in [5.74, 6) is 0.708. The van der Waals surface area contributed by atoms with Gasteiger partial charge in [-0.25, -0.2) is 9.97 Å². The number of likely N-dealkylation sites (N-methyl/N-ethyl adjacent to an activating group) is 1. The van der Waals surface area contributed by atoms with Crippen molar-refractivity contribution < 1.29 is 0 Å². The zero-order chi connectivity index (χ0) is 12.0. The molecule has 0 spiro atoms. The molecule has 0 aromatic carbocycles. The Morgan fingerprint density at radius 1 is 1.31 bits per heavy atom. The van der Waals surface area contributed by atoms with Crippen LogP contribution in [0.25, 0.3) is 0 Å². The molecule has 1 aromatic rings. The highest BCUT2D eigenvalue weighted by atomic mass is 127. The molecule has 5 heteroatoms. The molecule has 90 valence electrons. The lowest BCUT2D eigenvalue weighted by molar-refractivity contribution is 0.294. The van der Waals surface area contributed by atoms with Gasteiger partial charge in [0.2, 0.25) is 5.95 Å². The maximum Gasteiger partial charge on any atom is 0.222 e. The minimum atomic E-state index is 0.361. The topological polar surface area (TPSA) is 41.0 Å². The monoisotopic (exact) mass is 334 g/mol. The number of rotatable bonds is 6. The lowest BCUT2D eigenvalue weighted by atomic mass is 10.3. The molecule has 0 amide bonds. The number of nitrogens with zero attached hydrogens (tertiary/aromatic N) is 3. The number of hydrogen-bond donors (Lipinski definition) is 1. The van der Waals surface area contributed by atoms with Crippen LogP contribution in [0.15, 0.2) is 12.4 Å². The number of halogens is 1. The molecule has 1 aromatic heterocycles. The molecule has 0 saturated carbocycles. The van der Waals surface area contributed by atoms with Gasteiger partial charge in [0, 0.05) is 28.6 Å². The van der Waals surface area contributed by atoms with E-state index in [0.717, 1.165) is 23.2 Å². The van der Waals surface area contributed by atoms with Crippen LogP contribution in [0.2, 0.25) is 0 Å². The first-order chi connectivity index (χ1) is 7.65. The van der Waals surface area contributed by atoms with Crippen LogP contribution >= 0.6 is 22.6 Å². The van der Waals surface area contributed by atoms with E-state index in [-0.39, 0.29) is 0 Å². The minimum Gasteiger partial charge on any atom is -0.350 e. The van der Waals surface area contributed by atoms with Crippen molar-refractivity contribution in [1.82, 2.24) is 14.9 Å². The van der Waals surface area contributed by atoms with Crippen LogP contribution in [-0.2, 0) is 0 Å². The summed E-state index contributed by atoms with van der Waals surface area (Å²) in [4.78, 5) is 10.8. The third-order valence-corrected chi connectivity index (χ3v) is 2.98. The summed E-state index contributed by atoms with van der Waals surface area (Å²) in [6, 6.07) is 0.361. The maximum absolute atomic E-state index is 4.23. The van der Waals surface area contributed by atoms with E-state index >= 15 is 0 Å². The van der Waals surface area contributed by atoms with E-state index in [1.165, 1.54) is 0 Å². The van der Waals surface area contributed by atoms with E-state index in [1.54, 1.807) is 0 Å². The second-order valence-corrected chi connectivity index (χ2v) is 5.00. The fraction of sp³-hybridized carbons (Fsp3) is 0.636. The zero-order valence-corrected chi connectivity index (χ0v) is 12.2. The molecule has 0 radical (unpaired) electrons. The molecule has 1 atom stereocenters. The highest BCUT2D eigenvalue weighted by Gasteiger charge is 2.07. The Morgan fingerprint density at radius 2 is 1.88 bits per heavy atom. The summed E-state index contributed by atoms with van der Waals surface area (Å²) < 4.78 is 1.06. The highest BCUT2D eigenvalue weighted by molar-refractivity contribution is 14.1. The van der Waals surface area contributed by atoms with Gasteiger partial charge in [0.25, 0.3) is 0 Å². The summed E-state index contributed by atoms with van der Waals surface area (Å²) in [5.41, 5.74) is 0. The Bertz CT molecular complexity index is 297. The van der Waals surface area contributed by atoms with Gasteiger partial charge in [-0.15, -0.1) is 0 Å². The van der Waals surface area contributed by atoms with Gasteiger partial charge in [-0.3, -0.25) is 0 Å². The fourth-order valence-electron chi connectivity index (χ4n) is 1.52. The molecule has 1 rings (SSSR count). The summed E-state index contributed by atoms with van der Waals surface area (Å²) in [5, 5.41) is 3.30. The van der Waals surface area contributed by atoms with Gasteiger partial charge in [-0.1, -0.05) is 13.8 Å². The second kappa shape index (κ2) is 7.01. The standard InChI is InChI=1S/C11H19IN4/c1-4-16(5-2)8-9(3)15-11-13-6-10(12)7-14-11/h6-7,9H,4-5,8H2,1-3H3,(H,13,14,15). The van der Waals surface area contributed by atoms with E-state index < -0.39 is 0 Å². The van der Waals surface area contributed by atoms with Gasteiger partial charge in [-0.2, -0.15) is 0 Å². The van der Waals surface area contributed by atoms with Gasteiger partial charge in [-0.05, 0) is 42.6 Å².